The monoisotopic (exact) mass is 329 g/mol. The van der Waals surface area contributed by atoms with E-state index >= 15 is 0 Å². The molecule has 2 aliphatic heterocycles. The maximum atomic E-state index is 12.4. The number of carbonyl (C=O) groups is 2. The molecule has 126 valence electrons. The molecule has 1 aromatic carbocycles. The van der Waals surface area contributed by atoms with Crippen LogP contribution in [0.1, 0.15) is 43.9 Å². The highest BCUT2D eigenvalue weighted by molar-refractivity contribution is 5.96. The van der Waals surface area contributed by atoms with Crippen LogP contribution < -0.4 is 10.1 Å². The third kappa shape index (κ3) is 2.69. The molecule has 3 rings (SSSR count). The molecule has 2 heterocycles. The minimum Gasteiger partial charge on any atom is -0.485 e. The van der Waals surface area contributed by atoms with Crippen LogP contribution in [0.15, 0.2) is 18.2 Å². The molecule has 2 atom stereocenters. The first kappa shape index (κ1) is 16.3. The lowest BCUT2D eigenvalue weighted by Crippen LogP contribution is -2.55. The highest BCUT2D eigenvalue weighted by Gasteiger charge is 2.44. The molecule has 0 aliphatic carbocycles. The molecule has 7 nitrogen and oxygen atoms in total. The number of hydrogen-bond donors (Lipinski definition) is 2. The van der Waals surface area contributed by atoms with Crippen LogP contribution >= 0.6 is 0 Å². The largest absolute Gasteiger partial charge is 0.485 e. The van der Waals surface area contributed by atoms with Crippen molar-refractivity contribution in [2.75, 3.05) is 6.54 Å². The van der Waals surface area contributed by atoms with E-state index in [2.05, 4.69) is 5.32 Å². The van der Waals surface area contributed by atoms with Gasteiger partial charge in [-0.05, 0) is 38.5 Å². The molecule has 7 heteroatoms. The normalized spacial score (nSPS) is 24.8. The zero-order valence-corrected chi connectivity index (χ0v) is 13.6. The van der Waals surface area contributed by atoms with Crippen molar-refractivity contribution in [3.8, 4) is 11.8 Å². The Morgan fingerprint density at radius 1 is 1.50 bits per heavy atom. The number of nitriles is 1. The van der Waals surface area contributed by atoms with Gasteiger partial charge in [0.15, 0.2) is 0 Å². The second-order valence-corrected chi connectivity index (χ2v) is 6.59. The molecule has 24 heavy (non-hydrogen) atoms. The molecule has 0 bridgehead atoms. The summed E-state index contributed by atoms with van der Waals surface area (Å²) in [5, 5.41) is 22.5. The summed E-state index contributed by atoms with van der Waals surface area (Å²) in [6, 6.07) is 5.60. The van der Waals surface area contributed by atoms with Crippen LogP contribution in [-0.4, -0.2) is 40.2 Å². The van der Waals surface area contributed by atoms with Gasteiger partial charge in [-0.15, -0.1) is 0 Å². The number of hydrogen-bond acceptors (Lipinski definition) is 5. The van der Waals surface area contributed by atoms with E-state index < -0.39 is 23.8 Å². The van der Waals surface area contributed by atoms with E-state index in [9.17, 15) is 14.7 Å². The molecule has 0 radical (unpaired) electrons. The molecular weight excluding hydrogens is 310 g/mol. The SMILES string of the molecule is CC1(C)Oc2ccc(C#N)cc2C(NC(=O)N2CCCC2=O)C1O. The van der Waals surface area contributed by atoms with E-state index in [0.29, 0.717) is 36.3 Å². The van der Waals surface area contributed by atoms with E-state index in [0.717, 1.165) is 4.90 Å². The number of nitrogens with zero attached hydrogens (tertiary/aromatic N) is 2. The molecule has 0 spiro atoms. The van der Waals surface area contributed by atoms with Crippen LogP contribution in [0.25, 0.3) is 0 Å². The number of urea groups is 1. The summed E-state index contributed by atoms with van der Waals surface area (Å²) in [5.74, 6) is 0.279. The van der Waals surface area contributed by atoms with Gasteiger partial charge in [0.2, 0.25) is 5.91 Å². The third-order valence-corrected chi connectivity index (χ3v) is 4.47. The number of likely N-dealkylation sites (tertiary alicyclic amines) is 1. The lowest BCUT2D eigenvalue weighted by molar-refractivity contribution is -0.125. The summed E-state index contributed by atoms with van der Waals surface area (Å²) in [5.41, 5.74) is 0.00956. The first-order valence-corrected chi connectivity index (χ1v) is 7.85. The minimum absolute atomic E-state index is 0.223. The van der Waals surface area contributed by atoms with Gasteiger partial charge in [-0.3, -0.25) is 9.69 Å². The number of ether oxygens (including phenoxy) is 1. The molecule has 1 saturated heterocycles. The number of rotatable bonds is 1. The van der Waals surface area contributed by atoms with E-state index in [1.54, 1.807) is 32.0 Å². The maximum absolute atomic E-state index is 12.4. The topological polar surface area (TPSA) is 103 Å². The molecule has 0 aromatic heterocycles. The second kappa shape index (κ2) is 5.80. The zero-order chi connectivity index (χ0) is 17.5. The predicted molar refractivity (Wildman–Crippen MR) is 84.1 cm³/mol. The number of aliphatic hydroxyl groups is 1. The predicted octanol–water partition coefficient (Wildman–Crippen LogP) is 1.46. The van der Waals surface area contributed by atoms with Gasteiger partial charge in [0.25, 0.3) is 0 Å². The van der Waals surface area contributed by atoms with Crippen molar-refractivity contribution in [3.05, 3.63) is 29.3 Å². The first-order valence-electron chi connectivity index (χ1n) is 7.85. The Morgan fingerprint density at radius 2 is 2.25 bits per heavy atom. The van der Waals surface area contributed by atoms with Crippen molar-refractivity contribution < 1.29 is 19.4 Å². The summed E-state index contributed by atoms with van der Waals surface area (Å²) >= 11 is 0. The molecule has 0 saturated carbocycles. The number of benzene rings is 1. The van der Waals surface area contributed by atoms with Gasteiger partial charge in [-0.25, -0.2) is 4.79 Å². The Balaban J connectivity index is 1.94. The van der Waals surface area contributed by atoms with Crippen molar-refractivity contribution in [3.63, 3.8) is 0 Å². The Morgan fingerprint density at radius 3 is 2.88 bits per heavy atom. The first-order chi connectivity index (χ1) is 11.3. The average molecular weight is 329 g/mol. The number of imide groups is 1. The van der Waals surface area contributed by atoms with Gasteiger partial charge in [0.05, 0.1) is 17.7 Å². The fraction of sp³-hybridized carbons (Fsp3) is 0.471. The Kier molecular flexibility index (Phi) is 3.93. The van der Waals surface area contributed by atoms with Crippen LogP contribution in [0.2, 0.25) is 0 Å². The van der Waals surface area contributed by atoms with Crippen LogP contribution in [0.5, 0.6) is 5.75 Å². The molecular formula is C17H19N3O4. The van der Waals surface area contributed by atoms with Crippen LogP contribution in [-0.2, 0) is 4.79 Å². The summed E-state index contributed by atoms with van der Waals surface area (Å²) in [4.78, 5) is 25.3. The van der Waals surface area contributed by atoms with E-state index in [1.807, 2.05) is 6.07 Å². The van der Waals surface area contributed by atoms with Gasteiger partial charge in [0, 0.05) is 18.5 Å². The van der Waals surface area contributed by atoms with Crippen molar-refractivity contribution in [2.45, 2.75) is 44.4 Å². The second-order valence-electron chi connectivity index (χ2n) is 6.59. The van der Waals surface area contributed by atoms with Crippen LogP contribution in [0, 0.1) is 11.3 Å². The van der Waals surface area contributed by atoms with Gasteiger partial charge in [0.1, 0.15) is 17.5 Å². The number of aliphatic hydroxyl groups excluding tert-OH is 1. The summed E-state index contributed by atoms with van der Waals surface area (Å²) < 4.78 is 5.80. The van der Waals surface area contributed by atoms with Gasteiger partial charge in [-0.2, -0.15) is 5.26 Å². The highest BCUT2D eigenvalue weighted by Crippen LogP contribution is 2.40. The average Bonchev–Trinajstić information content (AvgIpc) is 2.97. The number of carbonyl (C=O) groups excluding carboxylic acids is 2. The van der Waals surface area contributed by atoms with Crippen molar-refractivity contribution in [2.24, 2.45) is 0 Å². The number of amides is 3. The quantitative estimate of drug-likeness (QED) is 0.812. The number of fused-ring (bicyclic) bond motifs is 1. The smallest absolute Gasteiger partial charge is 0.324 e. The number of nitrogens with one attached hydrogen (secondary N) is 1. The standard InChI is InChI=1S/C17H19N3O4/c1-17(2)15(22)14(19-16(23)20-7-3-4-13(20)21)11-8-10(9-18)5-6-12(11)24-17/h5-6,8,14-15,22H,3-4,7H2,1-2H3,(H,19,23). The Bertz CT molecular complexity index is 738. The van der Waals surface area contributed by atoms with E-state index in [4.69, 9.17) is 10.00 Å². The molecule has 2 unspecified atom stereocenters. The van der Waals surface area contributed by atoms with Crippen molar-refractivity contribution >= 4 is 11.9 Å². The molecule has 2 N–H and O–H groups in total. The van der Waals surface area contributed by atoms with Crippen molar-refractivity contribution in [1.29, 1.82) is 5.26 Å². The molecule has 1 fully saturated rings. The Hall–Kier alpha value is -2.59. The third-order valence-electron chi connectivity index (χ3n) is 4.47. The maximum Gasteiger partial charge on any atom is 0.324 e. The summed E-state index contributed by atoms with van der Waals surface area (Å²) in [7, 11) is 0. The van der Waals surface area contributed by atoms with E-state index in [-0.39, 0.29) is 5.91 Å². The zero-order valence-electron chi connectivity index (χ0n) is 13.6. The van der Waals surface area contributed by atoms with Crippen molar-refractivity contribution in [1.82, 2.24) is 10.2 Å². The fourth-order valence-electron chi connectivity index (χ4n) is 3.10. The van der Waals surface area contributed by atoms with Crippen LogP contribution in [0.3, 0.4) is 0 Å². The van der Waals surface area contributed by atoms with Gasteiger partial charge < -0.3 is 15.2 Å². The minimum atomic E-state index is -1.03. The molecule has 1 aromatic rings. The molecule has 2 aliphatic rings. The fourth-order valence-corrected chi connectivity index (χ4v) is 3.10. The lowest BCUT2D eigenvalue weighted by atomic mass is 9.86. The summed E-state index contributed by atoms with van der Waals surface area (Å²) in [6.07, 6.45) is -0.0335. The van der Waals surface area contributed by atoms with Gasteiger partial charge in [-0.1, -0.05) is 0 Å². The molecule has 3 amide bonds. The summed E-state index contributed by atoms with van der Waals surface area (Å²) in [6.45, 7) is 3.82. The lowest BCUT2D eigenvalue weighted by Gasteiger charge is -2.42. The van der Waals surface area contributed by atoms with Crippen LogP contribution in [0.4, 0.5) is 4.79 Å². The highest BCUT2D eigenvalue weighted by atomic mass is 16.5. The van der Waals surface area contributed by atoms with E-state index in [1.165, 1.54) is 0 Å². The van der Waals surface area contributed by atoms with Gasteiger partial charge >= 0.3 is 6.03 Å². The Labute approximate surface area is 139 Å².